The molecule has 0 spiro atoms. The average molecular weight is 269 g/mol. The summed E-state index contributed by atoms with van der Waals surface area (Å²) in [5, 5.41) is 5.13. The number of hydrogen-bond donors (Lipinski definition) is 1. The number of thioether (sulfide) groups is 1. The lowest BCUT2D eigenvalue weighted by molar-refractivity contribution is 0.127. The number of rotatable bonds is 5. The minimum atomic E-state index is 0.173. The maximum Gasteiger partial charge on any atom is 0.0666 e. The number of hydrogen-bond acceptors (Lipinski definition) is 4. The van der Waals surface area contributed by atoms with E-state index in [1.165, 1.54) is 5.56 Å². The molecule has 102 valence electrons. The van der Waals surface area contributed by atoms with Gasteiger partial charge in [0.15, 0.2) is 0 Å². The Morgan fingerprint density at radius 3 is 2.94 bits per heavy atom. The minimum absolute atomic E-state index is 0.173. The van der Waals surface area contributed by atoms with Crippen LogP contribution in [0, 0.1) is 0 Å². The molecule has 4 atom stereocenters. The van der Waals surface area contributed by atoms with Crippen LogP contribution in [0.3, 0.4) is 0 Å². The zero-order valence-electron chi connectivity index (χ0n) is 11.4. The Kier molecular flexibility index (Phi) is 4.70. The molecule has 1 aliphatic rings. The van der Waals surface area contributed by atoms with E-state index in [1.807, 2.05) is 29.7 Å². The second-order valence-electron chi connectivity index (χ2n) is 4.98. The van der Waals surface area contributed by atoms with Crippen LogP contribution in [0.1, 0.15) is 37.5 Å². The molecule has 0 amide bonds. The number of aryl methyl sites for hydroxylation is 1. The summed E-state index contributed by atoms with van der Waals surface area (Å²) in [6, 6.07) is 0.173. The van der Waals surface area contributed by atoms with Gasteiger partial charge in [0.1, 0.15) is 0 Å². The molecular formula is C13H23N3OS. The van der Waals surface area contributed by atoms with Crippen molar-refractivity contribution in [2.45, 2.75) is 49.3 Å². The topological polar surface area (TPSA) is 53.1 Å². The smallest absolute Gasteiger partial charge is 0.0666 e. The highest BCUT2D eigenvalue weighted by Gasteiger charge is 2.31. The van der Waals surface area contributed by atoms with Crippen LogP contribution in [0.2, 0.25) is 0 Å². The quantitative estimate of drug-likeness (QED) is 0.889. The molecule has 0 bridgehead atoms. The number of aromatic nitrogens is 2. The zero-order chi connectivity index (χ0) is 13.1. The molecular weight excluding hydrogens is 246 g/mol. The van der Waals surface area contributed by atoms with Gasteiger partial charge in [-0.05, 0) is 19.8 Å². The van der Waals surface area contributed by atoms with Gasteiger partial charge in [-0.3, -0.25) is 4.68 Å². The number of nitrogens with two attached hydrogens (primary N) is 1. The van der Waals surface area contributed by atoms with Crippen LogP contribution in [-0.2, 0) is 11.8 Å². The van der Waals surface area contributed by atoms with Gasteiger partial charge in [0.2, 0.25) is 0 Å². The normalized spacial score (nSPS) is 27.3. The molecule has 1 fully saturated rings. The van der Waals surface area contributed by atoms with Crippen LogP contribution in [0.5, 0.6) is 0 Å². The first-order chi connectivity index (χ1) is 8.61. The predicted octanol–water partition coefficient (Wildman–Crippen LogP) is 2.11. The van der Waals surface area contributed by atoms with Crippen molar-refractivity contribution in [3.8, 4) is 0 Å². The number of ether oxygens (including phenoxy) is 1. The SMILES string of the molecule is CCC(N)C(SC1CCOC1C)c1cnn(C)c1. The van der Waals surface area contributed by atoms with Crippen molar-refractivity contribution in [1.82, 2.24) is 9.78 Å². The van der Waals surface area contributed by atoms with E-state index in [9.17, 15) is 0 Å². The van der Waals surface area contributed by atoms with Crippen LogP contribution >= 0.6 is 11.8 Å². The Labute approximate surface area is 113 Å². The second-order valence-corrected chi connectivity index (χ2v) is 6.36. The molecule has 2 N–H and O–H groups in total. The third-order valence-corrected chi connectivity index (χ3v) is 5.43. The summed E-state index contributed by atoms with van der Waals surface area (Å²) < 4.78 is 7.49. The van der Waals surface area contributed by atoms with E-state index in [2.05, 4.69) is 25.1 Å². The molecule has 4 nitrogen and oxygen atoms in total. The molecule has 0 radical (unpaired) electrons. The van der Waals surface area contributed by atoms with Gasteiger partial charge in [-0.15, -0.1) is 11.8 Å². The number of nitrogens with zero attached hydrogens (tertiary/aromatic N) is 2. The lowest BCUT2D eigenvalue weighted by Gasteiger charge is -2.25. The fourth-order valence-electron chi connectivity index (χ4n) is 2.31. The molecule has 2 rings (SSSR count). The summed E-state index contributed by atoms with van der Waals surface area (Å²) in [5.74, 6) is 0. The molecule has 0 aromatic carbocycles. The zero-order valence-corrected chi connectivity index (χ0v) is 12.2. The molecule has 1 aliphatic heterocycles. The molecule has 2 heterocycles. The van der Waals surface area contributed by atoms with Crippen molar-refractivity contribution in [2.24, 2.45) is 12.8 Å². The van der Waals surface area contributed by atoms with Gasteiger partial charge in [-0.1, -0.05) is 6.92 Å². The predicted molar refractivity (Wildman–Crippen MR) is 75.6 cm³/mol. The van der Waals surface area contributed by atoms with Crippen molar-refractivity contribution >= 4 is 11.8 Å². The van der Waals surface area contributed by atoms with Crippen molar-refractivity contribution in [3.63, 3.8) is 0 Å². The molecule has 1 aromatic rings. The van der Waals surface area contributed by atoms with Gasteiger partial charge in [0.05, 0.1) is 12.3 Å². The van der Waals surface area contributed by atoms with Crippen LogP contribution < -0.4 is 5.73 Å². The summed E-state index contributed by atoms with van der Waals surface area (Å²) in [4.78, 5) is 0. The highest BCUT2D eigenvalue weighted by molar-refractivity contribution is 8.00. The van der Waals surface area contributed by atoms with Crippen LogP contribution in [-0.4, -0.2) is 33.8 Å². The summed E-state index contributed by atoms with van der Waals surface area (Å²) in [6.45, 7) is 5.17. The Hall–Kier alpha value is -0.520. The van der Waals surface area contributed by atoms with Gasteiger partial charge in [0.25, 0.3) is 0 Å². The van der Waals surface area contributed by atoms with Crippen LogP contribution in [0.25, 0.3) is 0 Å². The van der Waals surface area contributed by atoms with Crippen molar-refractivity contribution < 1.29 is 4.74 Å². The first-order valence-electron chi connectivity index (χ1n) is 6.63. The van der Waals surface area contributed by atoms with Gasteiger partial charge in [0, 0.05) is 42.0 Å². The van der Waals surface area contributed by atoms with E-state index in [4.69, 9.17) is 10.5 Å². The van der Waals surface area contributed by atoms with Crippen molar-refractivity contribution in [1.29, 1.82) is 0 Å². The standard InChI is InChI=1S/C13H23N3OS/c1-4-11(14)13(10-7-15-16(3)8-10)18-12-5-6-17-9(12)2/h7-9,11-13H,4-6,14H2,1-3H3. The van der Waals surface area contributed by atoms with Crippen LogP contribution in [0.15, 0.2) is 12.4 Å². The maximum absolute atomic E-state index is 6.28. The van der Waals surface area contributed by atoms with Crippen LogP contribution in [0.4, 0.5) is 0 Å². The Bertz CT molecular complexity index is 382. The van der Waals surface area contributed by atoms with E-state index < -0.39 is 0 Å². The van der Waals surface area contributed by atoms with E-state index in [0.29, 0.717) is 16.6 Å². The highest BCUT2D eigenvalue weighted by Crippen LogP contribution is 2.40. The van der Waals surface area contributed by atoms with Crippen molar-refractivity contribution in [3.05, 3.63) is 18.0 Å². The summed E-state index contributed by atoms with van der Waals surface area (Å²) in [7, 11) is 1.95. The summed E-state index contributed by atoms with van der Waals surface area (Å²) in [6.07, 6.45) is 6.45. The Balaban J connectivity index is 2.10. The van der Waals surface area contributed by atoms with Crippen molar-refractivity contribution in [2.75, 3.05) is 6.61 Å². The largest absolute Gasteiger partial charge is 0.377 e. The minimum Gasteiger partial charge on any atom is -0.377 e. The van der Waals surface area contributed by atoms with E-state index in [-0.39, 0.29) is 6.04 Å². The summed E-state index contributed by atoms with van der Waals surface area (Å²) in [5.41, 5.74) is 7.52. The highest BCUT2D eigenvalue weighted by atomic mass is 32.2. The Morgan fingerprint density at radius 2 is 2.44 bits per heavy atom. The van der Waals surface area contributed by atoms with Gasteiger partial charge >= 0.3 is 0 Å². The second kappa shape index (κ2) is 6.08. The summed E-state index contributed by atoms with van der Waals surface area (Å²) >= 11 is 1.96. The fourth-order valence-corrected chi connectivity index (χ4v) is 3.89. The molecule has 5 heteroatoms. The molecule has 0 saturated carbocycles. The van der Waals surface area contributed by atoms with E-state index in [1.54, 1.807) is 0 Å². The monoisotopic (exact) mass is 269 g/mol. The first-order valence-corrected chi connectivity index (χ1v) is 7.57. The molecule has 0 aliphatic carbocycles. The first kappa shape index (κ1) is 13.9. The van der Waals surface area contributed by atoms with E-state index >= 15 is 0 Å². The molecule has 1 aromatic heterocycles. The van der Waals surface area contributed by atoms with Gasteiger partial charge < -0.3 is 10.5 Å². The Morgan fingerprint density at radius 1 is 1.67 bits per heavy atom. The maximum atomic E-state index is 6.28. The lowest BCUT2D eigenvalue weighted by Crippen LogP contribution is -2.28. The third kappa shape index (κ3) is 3.08. The fraction of sp³-hybridized carbons (Fsp3) is 0.769. The van der Waals surface area contributed by atoms with Gasteiger partial charge in [-0.25, -0.2) is 0 Å². The van der Waals surface area contributed by atoms with Gasteiger partial charge in [-0.2, -0.15) is 5.10 Å². The molecule has 1 saturated heterocycles. The average Bonchev–Trinajstić information content (AvgIpc) is 2.94. The lowest BCUT2D eigenvalue weighted by atomic mass is 10.1. The third-order valence-electron chi connectivity index (χ3n) is 3.54. The van der Waals surface area contributed by atoms with E-state index in [0.717, 1.165) is 19.4 Å². The molecule has 4 unspecified atom stereocenters. The molecule has 18 heavy (non-hydrogen) atoms.